The number of urea groups is 1. The molecule has 1 heterocycles. The van der Waals surface area contributed by atoms with Gasteiger partial charge in [0.2, 0.25) is 0 Å². The van der Waals surface area contributed by atoms with Crippen LogP contribution in [0, 0.1) is 0 Å². The molecule has 0 aromatic heterocycles. The lowest BCUT2D eigenvalue weighted by molar-refractivity contribution is -0.142. The van der Waals surface area contributed by atoms with Gasteiger partial charge >= 0.3 is 12.2 Å². The van der Waals surface area contributed by atoms with Crippen LogP contribution in [0.5, 0.6) is 0 Å². The summed E-state index contributed by atoms with van der Waals surface area (Å²) in [7, 11) is 0. The van der Waals surface area contributed by atoms with E-state index in [-0.39, 0.29) is 19.7 Å². The summed E-state index contributed by atoms with van der Waals surface area (Å²) < 4.78 is 36.2. The van der Waals surface area contributed by atoms with Crippen LogP contribution in [0.15, 0.2) is 0 Å². The number of rotatable bonds is 3. The molecule has 0 aromatic rings. The molecule has 2 amide bonds. The fraction of sp³-hybridized carbons (Fsp3) is 0.875. The fourth-order valence-electron chi connectivity index (χ4n) is 1.53. The van der Waals surface area contributed by atoms with E-state index < -0.39 is 18.8 Å². The van der Waals surface area contributed by atoms with E-state index in [0.717, 1.165) is 4.90 Å². The second-order valence-electron chi connectivity index (χ2n) is 3.38. The molecular formula is C8H13F3N2O2. The number of β-amino-alcohol motifs (C(OH)–C–C–N with tert-alkyl or cyclic N) is 1. The third-order valence-corrected chi connectivity index (χ3v) is 2.14. The number of halogens is 3. The summed E-state index contributed by atoms with van der Waals surface area (Å²) in [5.41, 5.74) is 0. The fourth-order valence-corrected chi connectivity index (χ4v) is 1.53. The van der Waals surface area contributed by atoms with Crippen molar-refractivity contribution >= 4 is 6.03 Å². The van der Waals surface area contributed by atoms with Crippen LogP contribution >= 0.6 is 0 Å². The van der Waals surface area contributed by atoms with E-state index in [1.54, 1.807) is 0 Å². The molecule has 0 spiro atoms. The van der Waals surface area contributed by atoms with E-state index >= 15 is 0 Å². The SMILES string of the molecule is O=C1N(CCO)CCCN1CC(F)(F)F. The molecule has 0 unspecified atom stereocenters. The van der Waals surface area contributed by atoms with Crippen molar-refractivity contribution in [3.05, 3.63) is 0 Å². The number of carbonyl (C=O) groups excluding carboxylic acids is 1. The maximum absolute atomic E-state index is 12.1. The molecule has 1 aliphatic rings. The van der Waals surface area contributed by atoms with Crippen molar-refractivity contribution in [2.45, 2.75) is 12.6 Å². The van der Waals surface area contributed by atoms with E-state index in [0.29, 0.717) is 13.0 Å². The van der Waals surface area contributed by atoms with E-state index in [2.05, 4.69) is 0 Å². The summed E-state index contributed by atoms with van der Waals surface area (Å²) in [4.78, 5) is 13.4. The first-order valence-corrected chi connectivity index (χ1v) is 4.65. The summed E-state index contributed by atoms with van der Waals surface area (Å²) in [6.07, 6.45) is -3.86. The molecule has 1 N–H and O–H groups in total. The van der Waals surface area contributed by atoms with Crippen LogP contribution in [0.2, 0.25) is 0 Å². The first-order valence-electron chi connectivity index (χ1n) is 4.65. The highest BCUT2D eigenvalue weighted by atomic mass is 19.4. The van der Waals surface area contributed by atoms with Gasteiger partial charge in [-0.05, 0) is 6.42 Å². The average Bonchev–Trinajstić information content (AvgIpc) is 2.10. The number of aliphatic hydroxyl groups excluding tert-OH is 1. The van der Waals surface area contributed by atoms with Gasteiger partial charge in [-0.3, -0.25) is 0 Å². The van der Waals surface area contributed by atoms with Gasteiger partial charge in [-0.2, -0.15) is 13.2 Å². The number of amides is 2. The molecule has 15 heavy (non-hydrogen) atoms. The monoisotopic (exact) mass is 226 g/mol. The zero-order valence-electron chi connectivity index (χ0n) is 8.13. The Bertz CT molecular complexity index is 230. The Labute approximate surface area is 85.3 Å². The lowest BCUT2D eigenvalue weighted by atomic mass is 10.3. The van der Waals surface area contributed by atoms with Crippen molar-refractivity contribution in [2.75, 3.05) is 32.8 Å². The number of nitrogens with zero attached hydrogens (tertiary/aromatic N) is 2. The summed E-state index contributed by atoms with van der Waals surface area (Å²) >= 11 is 0. The van der Waals surface area contributed by atoms with Crippen molar-refractivity contribution in [3.63, 3.8) is 0 Å². The molecule has 0 bridgehead atoms. The van der Waals surface area contributed by atoms with Gasteiger partial charge in [0.15, 0.2) is 0 Å². The molecule has 88 valence electrons. The molecule has 1 saturated heterocycles. The van der Waals surface area contributed by atoms with Crippen molar-refractivity contribution in [2.24, 2.45) is 0 Å². The Morgan fingerprint density at radius 3 is 2.40 bits per heavy atom. The Morgan fingerprint density at radius 1 is 1.27 bits per heavy atom. The molecule has 1 rings (SSSR count). The van der Waals surface area contributed by atoms with Gasteiger partial charge in [0.25, 0.3) is 0 Å². The minimum atomic E-state index is -4.36. The van der Waals surface area contributed by atoms with Crippen LogP contribution in [0.25, 0.3) is 0 Å². The number of carbonyl (C=O) groups is 1. The Kier molecular flexibility index (Phi) is 3.78. The minimum absolute atomic E-state index is 0.0905. The van der Waals surface area contributed by atoms with Crippen molar-refractivity contribution < 1.29 is 23.1 Å². The Hall–Kier alpha value is -0.980. The van der Waals surface area contributed by atoms with E-state index in [1.807, 2.05) is 0 Å². The van der Waals surface area contributed by atoms with Crippen LogP contribution in [0.1, 0.15) is 6.42 Å². The summed E-state index contributed by atoms with van der Waals surface area (Å²) in [5, 5.41) is 8.62. The van der Waals surface area contributed by atoms with Crippen LogP contribution in [0.3, 0.4) is 0 Å². The molecule has 1 fully saturated rings. The predicted octanol–water partition coefficient (Wildman–Crippen LogP) is 0.669. The van der Waals surface area contributed by atoms with Crippen molar-refractivity contribution in [1.82, 2.24) is 9.80 Å². The molecule has 0 saturated carbocycles. The quantitative estimate of drug-likeness (QED) is 0.768. The third-order valence-electron chi connectivity index (χ3n) is 2.14. The Balaban J connectivity index is 2.55. The lowest BCUT2D eigenvalue weighted by Crippen LogP contribution is -2.52. The van der Waals surface area contributed by atoms with Gasteiger partial charge in [0.05, 0.1) is 6.61 Å². The van der Waals surface area contributed by atoms with Crippen LogP contribution in [0.4, 0.5) is 18.0 Å². The zero-order chi connectivity index (χ0) is 11.5. The van der Waals surface area contributed by atoms with Crippen molar-refractivity contribution in [3.8, 4) is 0 Å². The molecule has 0 aromatic carbocycles. The predicted molar refractivity (Wildman–Crippen MR) is 46.3 cm³/mol. The first-order chi connectivity index (χ1) is 6.94. The second-order valence-corrected chi connectivity index (χ2v) is 3.38. The maximum atomic E-state index is 12.1. The standard InChI is InChI=1S/C8H13F3N2O2/c9-8(10,11)6-13-3-1-2-12(4-5-14)7(13)15/h14H,1-6H2. The van der Waals surface area contributed by atoms with Crippen LogP contribution < -0.4 is 0 Å². The highest BCUT2D eigenvalue weighted by molar-refractivity contribution is 5.75. The van der Waals surface area contributed by atoms with E-state index in [1.165, 1.54) is 4.90 Å². The maximum Gasteiger partial charge on any atom is 0.406 e. The topological polar surface area (TPSA) is 43.8 Å². The van der Waals surface area contributed by atoms with Gasteiger partial charge in [0.1, 0.15) is 6.54 Å². The van der Waals surface area contributed by atoms with Gasteiger partial charge in [-0.15, -0.1) is 0 Å². The smallest absolute Gasteiger partial charge is 0.395 e. The second kappa shape index (κ2) is 4.69. The zero-order valence-corrected chi connectivity index (χ0v) is 8.13. The number of hydrogen-bond donors (Lipinski definition) is 1. The number of hydrogen-bond acceptors (Lipinski definition) is 2. The van der Waals surface area contributed by atoms with Gasteiger partial charge in [-0.1, -0.05) is 0 Å². The molecule has 7 heteroatoms. The lowest BCUT2D eigenvalue weighted by Gasteiger charge is -2.35. The molecule has 0 atom stereocenters. The van der Waals surface area contributed by atoms with Gasteiger partial charge < -0.3 is 14.9 Å². The Morgan fingerprint density at radius 2 is 1.87 bits per heavy atom. The summed E-state index contributed by atoms with van der Waals surface area (Å²) in [6, 6.07) is -0.646. The third kappa shape index (κ3) is 3.58. The van der Waals surface area contributed by atoms with Crippen LogP contribution in [-0.2, 0) is 0 Å². The normalized spacial score (nSPS) is 18.5. The highest BCUT2D eigenvalue weighted by Crippen LogP contribution is 2.19. The van der Waals surface area contributed by atoms with Gasteiger partial charge in [0, 0.05) is 19.6 Å². The first kappa shape index (κ1) is 12.1. The average molecular weight is 226 g/mol. The summed E-state index contributed by atoms with van der Waals surface area (Å²) in [6.45, 7) is -0.819. The summed E-state index contributed by atoms with van der Waals surface area (Å²) in [5.74, 6) is 0. The number of aliphatic hydroxyl groups is 1. The molecular weight excluding hydrogens is 213 g/mol. The molecule has 0 aliphatic carbocycles. The number of alkyl halides is 3. The molecule has 0 radical (unpaired) electrons. The van der Waals surface area contributed by atoms with E-state index in [9.17, 15) is 18.0 Å². The molecule has 4 nitrogen and oxygen atoms in total. The van der Waals surface area contributed by atoms with Crippen LogP contribution in [-0.4, -0.2) is 59.9 Å². The largest absolute Gasteiger partial charge is 0.406 e. The highest BCUT2D eigenvalue weighted by Gasteiger charge is 2.35. The minimum Gasteiger partial charge on any atom is -0.395 e. The molecule has 1 aliphatic heterocycles. The van der Waals surface area contributed by atoms with E-state index in [4.69, 9.17) is 5.11 Å². The van der Waals surface area contributed by atoms with Gasteiger partial charge in [-0.25, -0.2) is 4.79 Å². The van der Waals surface area contributed by atoms with Crippen molar-refractivity contribution in [1.29, 1.82) is 0 Å².